The lowest BCUT2D eigenvalue weighted by Crippen LogP contribution is -2.29. The molecule has 0 aliphatic heterocycles. The van der Waals surface area contributed by atoms with Gasteiger partial charge < -0.3 is 11.1 Å². The van der Waals surface area contributed by atoms with Crippen molar-refractivity contribution in [2.45, 2.75) is 26.7 Å². The summed E-state index contributed by atoms with van der Waals surface area (Å²) in [7, 11) is 0. The molecule has 0 saturated heterocycles. The second-order valence-corrected chi connectivity index (χ2v) is 6.16. The lowest BCUT2D eigenvalue weighted by Gasteiger charge is -2.22. The van der Waals surface area contributed by atoms with Crippen LogP contribution in [-0.2, 0) is 6.42 Å². The van der Waals surface area contributed by atoms with E-state index in [1.165, 1.54) is 5.56 Å². The third-order valence-corrected chi connectivity index (χ3v) is 3.56. The van der Waals surface area contributed by atoms with Gasteiger partial charge >= 0.3 is 0 Å². The highest BCUT2D eigenvalue weighted by Gasteiger charge is 2.13. The zero-order valence-corrected chi connectivity index (χ0v) is 12.4. The number of hydrogen-bond acceptors (Lipinski definition) is 2. The van der Waals surface area contributed by atoms with Crippen molar-refractivity contribution < 1.29 is 0 Å². The van der Waals surface area contributed by atoms with Gasteiger partial charge in [-0.2, -0.15) is 0 Å². The fourth-order valence-corrected chi connectivity index (χ4v) is 1.80. The topological polar surface area (TPSA) is 38.0 Å². The van der Waals surface area contributed by atoms with E-state index in [1.54, 1.807) is 0 Å². The summed E-state index contributed by atoms with van der Waals surface area (Å²) in [5.74, 6) is 0. The molecule has 17 heavy (non-hydrogen) atoms. The van der Waals surface area contributed by atoms with E-state index < -0.39 is 0 Å². The first kappa shape index (κ1) is 14.7. The van der Waals surface area contributed by atoms with E-state index in [1.807, 2.05) is 0 Å². The maximum Gasteiger partial charge on any atom is 0.0175 e. The minimum absolute atomic E-state index is 0.255. The van der Waals surface area contributed by atoms with Gasteiger partial charge in [0, 0.05) is 4.47 Å². The van der Waals surface area contributed by atoms with E-state index in [4.69, 9.17) is 5.73 Å². The summed E-state index contributed by atoms with van der Waals surface area (Å²) < 4.78 is 1.14. The van der Waals surface area contributed by atoms with Crippen LogP contribution in [0.4, 0.5) is 0 Å². The van der Waals surface area contributed by atoms with Gasteiger partial charge in [0.1, 0.15) is 0 Å². The molecular formula is C14H23BrN2. The second kappa shape index (κ2) is 7.14. The highest BCUT2D eigenvalue weighted by Crippen LogP contribution is 2.16. The average Bonchev–Trinajstić information content (AvgIpc) is 2.31. The highest BCUT2D eigenvalue weighted by atomic mass is 79.9. The maximum atomic E-state index is 5.69. The Kier molecular flexibility index (Phi) is 6.17. The van der Waals surface area contributed by atoms with Crippen molar-refractivity contribution in [1.82, 2.24) is 5.32 Å². The summed E-state index contributed by atoms with van der Waals surface area (Å²) >= 11 is 3.44. The number of benzene rings is 1. The molecule has 0 spiro atoms. The summed E-state index contributed by atoms with van der Waals surface area (Å²) in [6.45, 7) is 7.25. The summed E-state index contributed by atoms with van der Waals surface area (Å²) in [6, 6.07) is 8.50. The zero-order valence-electron chi connectivity index (χ0n) is 10.8. The lowest BCUT2D eigenvalue weighted by atomic mass is 9.90. The molecule has 3 N–H and O–H groups in total. The average molecular weight is 299 g/mol. The van der Waals surface area contributed by atoms with E-state index in [-0.39, 0.29) is 5.41 Å². The monoisotopic (exact) mass is 298 g/mol. The van der Waals surface area contributed by atoms with Crippen molar-refractivity contribution in [2.75, 3.05) is 19.6 Å². The largest absolute Gasteiger partial charge is 0.330 e. The number of hydrogen-bond donors (Lipinski definition) is 2. The Morgan fingerprint density at radius 3 is 2.41 bits per heavy atom. The minimum Gasteiger partial charge on any atom is -0.330 e. The van der Waals surface area contributed by atoms with Gasteiger partial charge in [-0.3, -0.25) is 0 Å². The predicted molar refractivity (Wildman–Crippen MR) is 78.2 cm³/mol. The van der Waals surface area contributed by atoms with E-state index in [9.17, 15) is 0 Å². The molecule has 1 aromatic carbocycles. The molecule has 0 aromatic heterocycles. The molecule has 0 saturated carbocycles. The SMILES string of the molecule is CC(C)(CN)CCNCCc1ccc(Br)cc1. The maximum absolute atomic E-state index is 5.69. The second-order valence-electron chi connectivity index (χ2n) is 5.24. The molecule has 0 amide bonds. The van der Waals surface area contributed by atoms with E-state index in [2.05, 4.69) is 59.4 Å². The van der Waals surface area contributed by atoms with Gasteiger partial charge in [0.05, 0.1) is 0 Å². The van der Waals surface area contributed by atoms with E-state index in [0.717, 1.165) is 36.9 Å². The van der Waals surface area contributed by atoms with Crippen molar-refractivity contribution in [2.24, 2.45) is 11.1 Å². The molecule has 96 valence electrons. The summed E-state index contributed by atoms with van der Waals surface area (Å²) in [4.78, 5) is 0. The van der Waals surface area contributed by atoms with Crippen LogP contribution in [0.25, 0.3) is 0 Å². The Balaban J connectivity index is 2.14. The third-order valence-electron chi connectivity index (χ3n) is 3.03. The third kappa shape index (κ3) is 6.20. The summed E-state index contributed by atoms with van der Waals surface area (Å²) in [6.07, 6.45) is 2.21. The van der Waals surface area contributed by atoms with Crippen LogP contribution < -0.4 is 11.1 Å². The molecular weight excluding hydrogens is 276 g/mol. The Labute approximate surface area is 113 Å². The molecule has 0 aliphatic carbocycles. The molecule has 0 heterocycles. The van der Waals surface area contributed by atoms with Gasteiger partial charge in [0.25, 0.3) is 0 Å². The van der Waals surface area contributed by atoms with Crippen molar-refractivity contribution >= 4 is 15.9 Å². The van der Waals surface area contributed by atoms with Crippen molar-refractivity contribution in [3.63, 3.8) is 0 Å². The van der Waals surface area contributed by atoms with Crippen molar-refractivity contribution in [3.05, 3.63) is 34.3 Å². The fourth-order valence-electron chi connectivity index (χ4n) is 1.54. The quantitative estimate of drug-likeness (QED) is 0.760. The fraction of sp³-hybridized carbons (Fsp3) is 0.571. The molecule has 1 rings (SSSR count). The van der Waals surface area contributed by atoms with Gasteiger partial charge in [-0.1, -0.05) is 41.9 Å². The molecule has 3 heteroatoms. The predicted octanol–water partition coefficient (Wildman–Crippen LogP) is 2.96. The van der Waals surface area contributed by atoms with Crippen LogP contribution in [0.2, 0.25) is 0 Å². The minimum atomic E-state index is 0.255. The molecule has 0 fully saturated rings. The first-order chi connectivity index (χ1) is 8.03. The summed E-state index contributed by atoms with van der Waals surface area (Å²) in [5, 5.41) is 3.47. The van der Waals surface area contributed by atoms with Crippen LogP contribution in [-0.4, -0.2) is 19.6 Å². The number of nitrogens with one attached hydrogen (secondary N) is 1. The van der Waals surface area contributed by atoms with Crippen LogP contribution in [0.15, 0.2) is 28.7 Å². The first-order valence-electron chi connectivity index (χ1n) is 6.19. The van der Waals surface area contributed by atoms with Crippen molar-refractivity contribution in [3.8, 4) is 0 Å². The van der Waals surface area contributed by atoms with E-state index >= 15 is 0 Å². The molecule has 0 unspecified atom stereocenters. The van der Waals surface area contributed by atoms with Crippen LogP contribution in [0, 0.1) is 5.41 Å². The smallest absolute Gasteiger partial charge is 0.0175 e. The molecule has 0 atom stereocenters. The van der Waals surface area contributed by atoms with Gasteiger partial charge in [-0.25, -0.2) is 0 Å². The lowest BCUT2D eigenvalue weighted by molar-refractivity contribution is 0.340. The Morgan fingerprint density at radius 2 is 1.82 bits per heavy atom. The van der Waals surface area contributed by atoms with Gasteiger partial charge in [-0.15, -0.1) is 0 Å². The van der Waals surface area contributed by atoms with Crippen molar-refractivity contribution in [1.29, 1.82) is 0 Å². The normalized spacial score (nSPS) is 11.8. The van der Waals surface area contributed by atoms with Gasteiger partial charge in [0.15, 0.2) is 0 Å². The van der Waals surface area contributed by atoms with E-state index in [0.29, 0.717) is 0 Å². The van der Waals surface area contributed by atoms with Gasteiger partial charge in [0.2, 0.25) is 0 Å². The highest BCUT2D eigenvalue weighted by molar-refractivity contribution is 9.10. The summed E-state index contributed by atoms with van der Waals surface area (Å²) in [5.41, 5.74) is 7.32. The number of nitrogens with two attached hydrogens (primary N) is 1. The molecule has 0 radical (unpaired) electrons. The Bertz CT molecular complexity index is 319. The molecule has 0 bridgehead atoms. The molecule has 2 nitrogen and oxygen atoms in total. The molecule has 1 aromatic rings. The van der Waals surface area contributed by atoms with Crippen LogP contribution in [0.5, 0.6) is 0 Å². The standard InChI is InChI=1S/C14H23BrN2/c1-14(2,11-16)8-10-17-9-7-12-3-5-13(15)6-4-12/h3-6,17H,7-11,16H2,1-2H3. The van der Waals surface area contributed by atoms with Gasteiger partial charge in [-0.05, 0) is 55.6 Å². The number of halogens is 1. The zero-order chi connectivity index (χ0) is 12.7. The molecule has 0 aliphatic rings. The first-order valence-corrected chi connectivity index (χ1v) is 6.98. The Hall–Kier alpha value is -0.380. The van der Waals surface area contributed by atoms with Crippen LogP contribution >= 0.6 is 15.9 Å². The Morgan fingerprint density at radius 1 is 1.18 bits per heavy atom. The number of rotatable bonds is 7. The van der Waals surface area contributed by atoms with Crippen LogP contribution in [0.1, 0.15) is 25.8 Å². The van der Waals surface area contributed by atoms with Crippen LogP contribution in [0.3, 0.4) is 0 Å².